The van der Waals surface area contributed by atoms with Gasteiger partial charge in [0.15, 0.2) is 0 Å². The number of nitrogens with one attached hydrogen (secondary N) is 1. The Morgan fingerprint density at radius 3 is 2.56 bits per heavy atom. The van der Waals surface area contributed by atoms with Crippen LogP contribution in [0.2, 0.25) is 5.02 Å². The van der Waals surface area contributed by atoms with Crippen molar-refractivity contribution >= 4 is 57.9 Å². The summed E-state index contributed by atoms with van der Waals surface area (Å²) < 4.78 is 5.67. The Hall–Kier alpha value is -3.89. The summed E-state index contributed by atoms with van der Waals surface area (Å²) in [5, 5.41) is 13.7. The standard InChI is InChI=1S/C25H20ClN3O6S/c1-14(2)15-3-6-17(7-4-15)27-23(30)13-28-24(31)22(36-25(28)32)12-18-8-10-21(35-18)19-9-5-16(26)11-20(19)29(33)34/h3-12,14H,13H2,1-2H3,(H,27,30)/b22-12+. The highest BCUT2D eigenvalue weighted by Gasteiger charge is 2.36. The van der Waals surface area contributed by atoms with Gasteiger partial charge in [-0.05, 0) is 59.6 Å². The van der Waals surface area contributed by atoms with Gasteiger partial charge >= 0.3 is 0 Å². The van der Waals surface area contributed by atoms with Crippen molar-refractivity contribution in [1.29, 1.82) is 0 Å². The molecule has 1 saturated heterocycles. The molecule has 184 valence electrons. The molecule has 0 radical (unpaired) electrons. The van der Waals surface area contributed by atoms with Gasteiger partial charge in [-0.15, -0.1) is 0 Å². The maximum Gasteiger partial charge on any atom is 0.294 e. The monoisotopic (exact) mass is 525 g/mol. The molecule has 0 aliphatic carbocycles. The minimum Gasteiger partial charge on any atom is -0.456 e. The first-order valence-electron chi connectivity index (χ1n) is 10.8. The lowest BCUT2D eigenvalue weighted by Gasteiger charge is -2.13. The van der Waals surface area contributed by atoms with Crippen LogP contribution in [0.5, 0.6) is 0 Å². The van der Waals surface area contributed by atoms with Gasteiger partial charge in [-0.1, -0.05) is 37.6 Å². The van der Waals surface area contributed by atoms with Crippen molar-refractivity contribution in [3.63, 3.8) is 0 Å². The van der Waals surface area contributed by atoms with Gasteiger partial charge in [0.25, 0.3) is 16.8 Å². The number of nitrogens with zero attached hydrogens (tertiary/aromatic N) is 2. The normalized spacial score (nSPS) is 14.7. The van der Waals surface area contributed by atoms with E-state index in [-0.39, 0.29) is 32.7 Å². The van der Waals surface area contributed by atoms with Gasteiger partial charge < -0.3 is 9.73 Å². The highest BCUT2D eigenvalue weighted by Crippen LogP contribution is 2.36. The van der Waals surface area contributed by atoms with E-state index < -0.39 is 28.5 Å². The third kappa shape index (κ3) is 5.50. The van der Waals surface area contributed by atoms with Crippen molar-refractivity contribution in [1.82, 2.24) is 4.90 Å². The largest absolute Gasteiger partial charge is 0.456 e. The number of carbonyl (C=O) groups is 3. The Labute approximate surface area is 215 Å². The SMILES string of the molecule is CC(C)c1ccc(NC(=O)CN2C(=O)S/C(=C/c3ccc(-c4ccc(Cl)cc4[N+](=O)[O-])o3)C2=O)cc1. The molecule has 9 nitrogen and oxygen atoms in total. The highest BCUT2D eigenvalue weighted by molar-refractivity contribution is 8.18. The van der Waals surface area contributed by atoms with Crippen LogP contribution in [0, 0.1) is 10.1 Å². The van der Waals surface area contributed by atoms with E-state index in [9.17, 15) is 24.5 Å². The number of nitro benzene ring substituents is 1. The van der Waals surface area contributed by atoms with E-state index >= 15 is 0 Å². The summed E-state index contributed by atoms with van der Waals surface area (Å²) in [6.45, 7) is 3.69. The van der Waals surface area contributed by atoms with Gasteiger partial charge in [-0.3, -0.25) is 29.4 Å². The molecule has 1 fully saturated rings. The summed E-state index contributed by atoms with van der Waals surface area (Å²) in [6, 6.07) is 14.6. The second kappa shape index (κ2) is 10.4. The van der Waals surface area contributed by atoms with Crippen molar-refractivity contribution in [2.75, 3.05) is 11.9 Å². The first-order valence-corrected chi connectivity index (χ1v) is 12.0. The van der Waals surface area contributed by atoms with E-state index in [2.05, 4.69) is 19.2 Å². The summed E-state index contributed by atoms with van der Waals surface area (Å²) >= 11 is 6.54. The lowest BCUT2D eigenvalue weighted by Crippen LogP contribution is -2.36. The average Bonchev–Trinajstić information content (AvgIpc) is 3.39. The van der Waals surface area contributed by atoms with Crippen LogP contribution >= 0.6 is 23.4 Å². The molecule has 36 heavy (non-hydrogen) atoms. The maximum atomic E-state index is 12.8. The Morgan fingerprint density at radius 2 is 1.89 bits per heavy atom. The number of halogens is 1. The molecule has 0 saturated carbocycles. The predicted molar refractivity (Wildman–Crippen MR) is 138 cm³/mol. The van der Waals surface area contributed by atoms with Crippen molar-refractivity contribution in [2.24, 2.45) is 0 Å². The number of nitro groups is 1. The Bertz CT molecular complexity index is 1400. The molecule has 3 amide bonds. The number of anilines is 1. The molecule has 2 aromatic carbocycles. The second-order valence-electron chi connectivity index (χ2n) is 8.21. The van der Waals surface area contributed by atoms with E-state index in [4.69, 9.17) is 16.0 Å². The molecule has 1 N–H and O–H groups in total. The van der Waals surface area contributed by atoms with Crippen LogP contribution in [0.15, 0.2) is 63.9 Å². The lowest BCUT2D eigenvalue weighted by atomic mass is 10.0. The number of furan rings is 1. The number of thioether (sulfide) groups is 1. The first kappa shape index (κ1) is 25.2. The number of amides is 3. The van der Waals surface area contributed by atoms with Crippen LogP contribution in [0.3, 0.4) is 0 Å². The van der Waals surface area contributed by atoms with Gasteiger partial charge in [0.05, 0.1) is 15.4 Å². The van der Waals surface area contributed by atoms with Crippen molar-refractivity contribution < 1.29 is 23.7 Å². The topological polar surface area (TPSA) is 123 Å². The van der Waals surface area contributed by atoms with Gasteiger partial charge in [0.1, 0.15) is 18.1 Å². The van der Waals surface area contributed by atoms with E-state index in [1.807, 2.05) is 12.1 Å². The molecule has 11 heteroatoms. The number of imide groups is 1. The summed E-state index contributed by atoms with van der Waals surface area (Å²) in [6.07, 6.45) is 1.36. The minimum atomic E-state index is -0.634. The summed E-state index contributed by atoms with van der Waals surface area (Å²) in [4.78, 5) is 49.3. The van der Waals surface area contributed by atoms with Crippen molar-refractivity contribution in [3.8, 4) is 11.3 Å². The fourth-order valence-corrected chi connectivity index (χ4v) is 4.49. The molecule has 1 aromatic heterocycles. The van der Waals surface area contributed by atoms with Crippen molar-refractivity contribution in [3.05, 3.63) is 86.0 Å². The molecule has 2 heterocycles. The summed E-state index contributed by atoms with van der Waals surface area (Å²) in [7, 11) is 0. The molecular formula is C25H20ClN3O6S. The smallest absolute Gasteiger partial charge is 0.294 e. The fraction of sp³-hybridized carbons (Fsp3) is 0.160. The fourth-order valence-electron chi connectivity index (χ4n) is 3.50. The quantitative estimate of drug-likeness (QED) is 0.218. The molecular weight excluding hydrogens is 506 g/mol. The van der Waals surface area contributed by atoms with Gasteiger partial charge in [-0.2, -0.15) is 0 Å². The molecule has 1 aliphatic heterocycles. The third-order valence-electron chi connectivity index (χ3n) is 5.36. The molecule has 4 rings (SSSR count). The summed E-state index contributed by atoms with van der Waals surface area (Å²) in [5.41, 5.74) is 1.67. The second-order valence-corrected chi connectivity index (χ2v) is 9.64. The number of benzene rings is 2. The molecule has 0 spiro atoms. The number of hydrogen-bond donors (Lipinski definition) is 1. The zero-order valence-electron chi connectivity index (χ0n) is 19.2. The average molecular weight is 526 g/mol. The van der Waals surface area contributed by atoms with Gasteiger partial charge in [-0.25, -0.2) is 0 Å². The zero-order valence-corrected chi connectivity index (χ0v) is 20.8. The maximum absolute atomic E-state index is 12.8. The van der Waals surface area contributed by atoms with Gasteiger partial charge in [0, 0.05) is 22.9 Å². The van der Waals surface area contributed by atoms with Crippen LogP contribution in [-0.2, 0) is 9.59 Å². The van der Waals surface area contributed by atoms with Crippen LogP contribution < -0.4 is 5.32 Å². The molecule has 0 atom stereocenters. The van der Waals surface area contributed by atoms with E-state index in [0.29, 0.717) is 23.4 Å². The molecule has 0 bridgehead atoms. The first-order chi connectivity index (χ1) is 17.1. The third-order valence-corrected chi connectivity index (χ3v) is 6.50. The summed E-state index contributed by atoms with van der Waals surface area (Å²) in [5.74, 6) is -0.374. The van der Waals surface area contributed by atoms with Crippen LogP contribution in [0.4, 0.5) is 16.2 Å². The van der Waals surface area contributed by atoms with Crippen molar-refractivity contribution in [2.45, 2.75) is 19.8 Å². The van der Waals surface area contributed by atoms with E-state index in [1.165, 1.54) is 36.4 Å². The van der Waals surface area contributed by atoms with Crippen LogP contribution in [0.1, 0.15) is 31.1 Å². The molecule has 1 aliphatic rings. The molecule has 0 unspecified atom stereocenters. The van der Waals surface area contributed by atoms with Crippen LogP contribution in [-0.4, -0.2) is 33.4 Å². The number of carbonyl (C=O) groups excluding carboxylic acids is 3. The van der Waals surface area contributed by atoms with Crippen LogP contribution in [0.25, 0.3) is 17.4 Å². The zero-order chi connectivity index (χ0) is 26.0. The van der Waals surface area contributed by atoms with E-state index in [1.54, 1.807) is 12.1 Å². The van der Waals surface area contributed by atoms with Gasteiger partial charge in [0.2, 0.25) is 5.91 Å². The minimum absolute atomic E-state index is 0.0700. The number of hydrogen-bond acceptors (Lipinski definition) is 7. The Kier molecular flexibility index (Phi) is 7.27. The Balaban J connectivity index is 1.46. The highest BCUT2D eigenvalue weighted by atomic mass is 35.5. The lowest BCUT2D eigenvalue weighted by molar-refractivity contribution is -0.384. The predicted octanol–water partition coefficient (Wildman–Crippen LogP) is 6.31. The van der Waals surface area contributed by atoms with E-state index in [0.717, 1.165) is 10.5 Å². The Morgan fingerprint density at radius 1 is 1.17 bits per heavy atom. The molecule has 3 aromatic rings. The number of rotatable bonds is 7.